The molecule has 0 atom stereocenters. The summed E-state index contributed by atoms with van der Waals surface area (Å²) in [6.45, 7) is -0.152. The molecule has 1 aromatic heterocycles. The van der Waals surface area contributed by atoms with Crippen molar-refractivity contribution in [2.45, 2.75) is 0 Å². The van der Waals surface area contributed by atoms with Crippen LogP contribution in [0.4, 0.5) is 5.69 Å². The van der Waals surface area contributed by atoms with Crippen LogP contribution in [0.15, 0.2) is 65.4 Å². The van der Waals surface area contributed by atoms with Crippen molar-refractivity contribution in [2.75, 3.05) is 19.0 Å². The maximum atomic E-state index is 12.1. The zero-order valence-electron chi connectivity index (χ0n) is 14.1. The van der Waals surface area contributed by atoms with Gasteiger partial charge in [0.2, 0.25) is 0 Å². The van der Waals surface area contributed by atoms with Crippen LogP contribution in [-0.2, 0) is 9.53 Å². The number of ether oxygens (including phenoxy) is 2. The highest BCUT2D eigenvalue weighted by atomic mass is 32.1. The predicted octanol–water partition coefficient (Wildman–Crippen LogP) is 4.22. The van der Waals surface area contributed by atoms with Crippen LogP contribution in [-0.4, -0.2) is 25.6 Å². The van der Waals surface area contributed by atoms with Crippen LogP contribution in [0.5, 0.6) is 5.75 Å². The fourth-order valence-electron chi connectivity index (χ4n) is 2.37. The minimum atomic E-state index is -0.487. The van der Waals surface area contributed by atoms with Crippen molar-refractivity contribution in [1.82, 2.24) is 0 Å². The van der Waals surface area contributed by atoms with Gasteiger partial charge in [0.05, 0.1) is 18.4 Å². The molecule has 132 valence electrons. The Balaban J connectivity index is 1.57. The summed E-state index contributed by atoms with van der Waals surface area (Å²) in [5, 5.41) is 5.97. The number of esters is 1. The number of rotatable bonds is 6. The first-order valence-electron chi connectivity index (χ1n) is 7.90. The zero-order chi connectivity index (χ0) is 18.4. The second-order valence-corrected chi connectivity index (χ2v) is 6.16. The van der Waals surface area contributed by atoms with Crippen LogP contribution < -0.4 is 10.1 Å². The standard InChI is InChI=1S/C20H17NO4S/c1-24-20(23)17-12-26-13-18(17)21-19(22)11-25-16-9-7-15(8-10-16)14-5-3-2-4-6-14/h2-10,12-13H,11H2,1H3,(H,21,22). The molecule has 1 N–H and O–H groups in total. The Morgan fingerprint density at radius 1 is 0.962 bits per heavy atom. The molecule has 1 heterocycles. The first-order valence-corrected chi connectivity index (χ1v) is 8.84. The number of amides is 1. The molecule has 0 saturated carbocycles. The van der Waals surface area contributed by atoms with Crippen LogP contribution >= 0.6 is 11.3 Å². The molecule has 0 bridgehead atoms. The van der Waals surface area contributed by atoms with E-state index in [0.29, 0.717) is 17.0 Å². The summed E-state index contributed by atoms with van der Waals surface area (Å²) in [6.07, 6.45) is 0. The topological polar surface area (TPSA) is 64.6 Å². The number of benzene rings is 2. The molecule has 0 aliphatic carbocycles. The molecule has 0 aliphatic heterocycles. The van der Waals surface area contributed by atoms with Gasteiger partial charge in [-0.05, 0) is 23.3 Å². The summed E-state index contributed by atoms with van der Waals surface area (Å²) in [6, 6.07) is 17.5. The van der Waals surface area contributed by atoms with Gasteiger partial charge in [-0.25, -0.2) is 4.79 Å². The number of hydrogen-bond donors (Lipinski definition) is 1. The minimum absolute atomic E-state index is 0.152. The highest BCUT2D eigenvalue weighted by molar-refractivity contribution is 7.08. The van der Waals surface area contributed by atoms with Gasteiger partial charge >= 0.3 is 5.97 Å². The van der Waals surface area contributed by atoms with Gasteiger partial charge in [-0.3, -0.25) is 4.79 Å². The number of thiophene rings is 1. The van der Waals surface area contributed by atoms with Gasteiger partial charge in [-0.15, -0.1) is 11.3 Å². The van der Waals surface area contributed by atoms with E-state index in [4.69, 9.17) is 4.74 Å². The average Bonchev–Trinajstić information content (AvgIpc) is 3.15. The molecule has 0 fully saturated rings. The van der Waals surface area contributed by atoms with Crippen LogP contribution in [0.2, 0.25) is 0 Å². The molecule has 2 aromatic carbocycles. The van der Waals surface area contributed by atoms with Gasteiger partial charge in [0.1, 0.15) is 5.75 Å². The maximum Gasteiger partial charge on any atom is 0.340 e. The fraction of sp³-hybridized carbons (Fsp3) is 0.100. The number of nitrogens with one attached hydrogen (secondary N) is 1. The Morgan fingerprint density at radius 2 is 1.65 bits per heavy atom. The Morgan fingerprint density at radius 3 is 2.35 bits per heavy atom. The molecule has 0 radical (unpaired) electrons. The molecule has 3 aromatic rings. The molecule has 3 rings (SSSR count). The van der Waals surface area contributed by atoms with Gasteiger partial charge in [-0.1, -0.05) is 42.5 Å². The SMILES string of the molecule is COC(=O)c1cscc1NC(=O)COc1ccc(-c2ccccc2)cc1. The number of carbonyl (C=O) groups excluding carboxylic acids is 2. The van der Waals surface area contributed by atoms with Gasteiger partial charge in [0.25, 0.3) is 5.91 Å². The summed E-state index contributed by atoms with van der Waals surface area (Å²) in [5.74, 6) is -0.238. The van der Waals surface area contributed by atoms with E-state index in [1.165, 1.54) is 18.4 Å². The molecule has 0 aliphatic rings. The Kier molecular flexibility index (Phi) is 5.66. The van der Waals surface area contributed by atoms with Gasteiger partial charge in [-0.2, -0.15) is 0 Å². The summed E-state index contributed by atoms with van der Waals surface area (Å²) in [4.78, 5) is 23.7. The number of methoxy groups -OCH3 is 1. The van der Waals surface area contributed by atoms with Crippen molar-refractivity contribution in [2.24, 2.45) is 0 Å². The van der Waals surface area contributed by atoms with Crippen LogP contribution in [0.25, 0.3) is 11.1 Å². The molecular weight excluding hydrogens is 350 g/mol. The summed E-state index contributed by atoms with van der Waals surface area (Å²) >= 11 is 1.31. The minimum Gasteiger partial charge on any atom is -0.484 e. The Hall–Kier alpha value is -3.12. The third-order valence-electron chi connectivity index (χ3n) is 3.67. The predicted molar refractivity (Wildman–Crippen MR) is 102 cm³/mol. The highest BCUT2D eigenvalue weighted by Gasteiger charge is 2.15. The average molecular weight is 367 g/mol. The third kappa shape index (κ3) is 4.29. The second kappa shape index (κ2) is 8.31. The lowest BCUT2D eigenvalue weighted by Crippen LogP contribution is -2.21. The van der Waals surface area contributed by atoms with E-state index in [2.05, 4.69) is 10.1 Å². The van der Waals surface area contributed by atoms with Crippen molar-refractivity contribution in [3.8, 4) is 16.9 Å². The summed E-state index contributed by atoms with van der Waals surface area (Å²) in [7, 11) is 1.30. The molecule has 26 heavy (non-hydrogen) atoms. The normalized spacial score (nSPS) is 10.2. The quantitative estimate of drug-likeness (QED) is 0.663. The van der Waals surface area contributed by atoms with E-state index in [9.17, 15) is 9.59 Å². The first kappa shape index (κ1) is 17.7. The van der Waals surface area contributed by atoms with Crippen molar-refractivity contribution in [1.29, 1.82) is 0 Å². The van der Waals surface area contributed by atoms with E-state index >= 15 is 0 Å². The largest absolute Gasteiger partial charge is 0.484 e. The van der Waals surface area contributed by atoms with Gasteiger partial charge in [0, 0.05) is 10.8 Å². The number of hydrogen-bond acceptors (Lipinski definition) is 5. The molecular formula is C20H17NO4S. The van der Waals surface area contributed by atoms with Crippen molar-refractivity contribution in [3.05, 3.63) is 70.9 Å². The Bertz CT molecular complexity index is 888. The molecule has 1 amide bonds. The Labute approximate surface area is 155 Å². The second-order valence-electron chi connectivity index (χ2n) is 5.42. The van der Waals surface area contributed by atoms with Crippen LogP contribution in [0, 0.1) is 0 Å². The van der Waals surface area contributed by atoms with Crippen LogP contribution in [0.1, 0.15) is 10.4 Å². The van der Waals surface area contributed by atoms with Crippen molar-refractivity contribution >= 4 is 28.9 Å². The fourth-order valence-corrected chi connectivity index (χ4v) is 3.12. The summed E-state index contributed by atoms with van der Waals surface area (Å²) in [5.41, 5.74) is 2.95. The lowest BCUT2D eigenvalue weighted by atomic mass is 10.1. The number of anilines is 1. The van der Waals surface area contributed by atoms with E-state index in [-0.39, 0.29) is 12.5 Å². The van der Waals surface area contributed by atoms with E-state index in [1.807, 2.05) is 54.6 Å². The smallest absolute Gasteiger partial charge is 0.340 e. The van der Waals surface area contributed by atoms with Crippen molar-refractivity contribution < 1.29 is 19.1 Å². The van der Waals surface area contributed by atoms with Gasteiger partial charge < -0.3 is 14.8 Å². The van der Waals surface area contributed by atoms with E-state index < -0.39 is 5.97 Å². The molecule has 0 unspecified atom stereocenters. The van der Waals surface area contributed by atoms with Gasteiger partial charge in [0.15, 0.2) is 6.61 Å². The van der Waals surface area contributed by atoms with Crippen LogP contribution in [0.3, 0.4) is 0 Å². The van der Waals surface area contributed by atoms with Crippen molar-refractivity contribution in [3.63, 3.8) is 0 Å². The van der Waals surface area contributed by atoms with E-state index in [0.717, 1.165) is 11.1 Å². The molecule has 5 nitrogen and oxygen atoms in total. The monoisotopic (exact) mass is 367 g/mol. The molecule has 0 spiro atoms. The lowest BCUT2D eigenvalue weighted by Gasteiger charge is -2.08. The summed E-state index contributed by atoms with van der Waals surface area (Å²) < 4.78 is 10.2. The maximum absolute atomic E-state index is 12.1. The molecule has 0 saturated heterocycles. The first-order chi connectivity index (χ1) is 12.7. The molecule has 6 heteroatoms. The third-order valence-corrected chi connectivity index (χ3v) is 4.42. The number of carbonyl (C=O) groups is 2. The highest BCUT2D eigenvalue weighted by Crippen LogP contribution is 2.23. The zero-order valence-corrected chi connectivity index (χ0v) is 14.9. The van der Waals surface area contributed by atoms with E-state index in [1.54, 1.807) is 10.8 Å². The lowest BCUT2D eigenvalue weighted by molar-refractivity contribution is -0.118.